The number of aryl methyl sites for hydroxylation is 1. The molecule has 1 aromatic heterocycles. The van der Waals surface area contributed by atoms with Gasteiger partial charge in [-0.25, -0.2) is 0 Å². The maximum absolute atomic E-state index is 12.5. The molecule has 0 spiro atoms. The van der Waals surface area contributed by atoms with Gasteiger partial charge in [0.15, 0.2) is 11.0 Å². The number of fused-ring (bicyclic) bond motifs is 1. The minimum atomic E-state index is -0.128. The van der Waals surface area contributed by atoms with Crippen molar-refractivity contribution >= 4 is 34.1 Å². The predicted molar refractivity (Wildman–Crippen MR) is 140 cm³/mol. The van der Waals surface area contributed by atoms with Crippen LogP contribution in [0.2, 0.25) is 0 Å². The lowest BCUT2D eigenvalue weighted by Gasteiger charge is -2.12. The number of thioether (sulfide) groups is 1. The second kappa shape index (κ2) is 11.6. The largest absolute Gasteiger partial charge is 0.494 e. The number of nitrogens with zero attached hydrogens (tertiary/aromatic N) is 3. The first kappa shape index (κ1) is 24.3. The molecule has 0 radical (unpaired) electrons. The first-order valence-electron chi connectivity index (χ1n) is 11.4. The van der Waals surface area contributed by atoms with Crippen LogP contribution >= 0.6 is 11.8 Å². The molecule has 4 aromatic rings. The Bertz CT molecular complexity index is 1320. The van der Waals surface area contributed by atoms with Crippen LogP contribution in [0.15, 0.2) is 78.5 Å². The van der Waals surface area contributed by atoms with Gasteiger partial charge in [0.1, 0.15) is 18.1 Å². The second-order valence-corrected chi connectivity index (χ2v) is 8.73. The molecule has 180 valence electrons. The molecule has 3 aromatic carbocycles. The first-order chi connectivity index (χ1) is 17.1. The molecule has 0 bridgehead atoms. The lowest BCUT2D eigenvalue weighted by atomic mass is 10.0. The summed E-state index contributed by atoms with van der Waals surface area (Å²) >= 11 is 1.32. The molecule has 0 atom stereocenters. The molecule has 8 heteroatoms. The van der Waals surface area contributed by atoms with Gasteiger partial charge >= 0.3 is 0 Å². The molecule has 35 heavy (non-hydrogen) atoms. The van der Waals surface area contributed by atoms with Gasteiger partial charge in [-0.05, 0) is 60.5 Å². The maximum Gasteiger partial charge on any atom is 0.234 e. The number of aromatic nitrogens is 3. The highest BCUT2D eigenvalue weighted by Gasteiger charge is 2.15. The molecule has 1 N–H and O–H groups in total. The lowest BCUT2D eigenvalue weighted by Crippen LogP contribution is -2.15. The van der Waals surface area contributed by atoms with Gasteiger partial charge < -0.3 is 14.8 Å². The van der Waals surface area contributed by atoms with Crippen LogP contribution in [-0.2, 0) is 17.9 Å². The summed E-state index contributed by atoms with van der Waals surface area (Å²) in [5, 5.41) is 14.5. The van der Waals surface area contributed by atoms with Crippen molar-refractivity contribution in [3.63, 3.8) is 0 Å². The summed E-state index contributed by atoms with van der Waals surface area (Å²) in [6.07, 6.45) is 1.78. The SMILES string of the molecule is C=CCn1c(COc2ccc3ccccc3c2C)nnc1SCC(=O)Nc1ccc(OCC)cc1. The average Bonchev–Trinajstić information content (AvgIpc) is 3.25. The number of ether oxygens (including phenoxy) is 2. The summed E-state index contributed by atoms with van der Waals surface area (Å²) in [7, 11) is 0. The number of allylic oxidation sites excluding steroid dienone is 1. The van der Waals surface area contributed by atoms with Crippen molar-refractivity contribution in [2.75, 3.05) is 17.7 Å². The Kier molecular flexibility index (Phi) is 8.05. The molecule has 0 fully saturated rings. The normalized spacial score (nSPS) is 10.8. The molecule has 0 unspecified atom stereocenters. The van der Waals surface area contributed by atoms with Crippen LogP contribution in [0, 0.1) is 6.92 Å². The number of amides is 1. The number of anilines is 1. The third-order valence-corrected chi connectivity index (χ3v) is 6.36. The fraction of sp³-hybridized carbons (Fsp3) is 0.222. The highest BCUT2D eigenvalue weighted by Crippen LogP contribution is 2.28. The van der Waals surface area contributed by atoms with Crippen molar-refractivity contribution in [2.24, 2.45) is 0 Å². The van der Waals surface area contributed by atoms with E-state index >= 15 is 0 Å². The number of nitrogens with one attached hydrogen (secondary N) is 1. The number of hydrogen-bond acceptors (Lipinski definition) is 6. The van der Waals surface area contributed by atoms with Crippen LogP contribution in [0.3, 0.4) is 0 Å². The average molecular weight is 489 g/mol. The summed E-state index contributed by atoms with van der Waals surface area (Å²) in [4.78, 5) is 12.5. The summed E-state index contributed by atoms with van der Waals surface area (Å²) < 4.78 is 13.5. The highest BCUT2D eigenvalue weighted by atomic mass is 32.2. The fourth-order valence-corrected chi connectivity index (χ4v) is 4.45. The zero-order chi connectivity index (χ0) is 24.6. The van der Waals surface area contributed by atoms with Gasteiger partial charge in [-0.1, -0.05) is 48.2 Å². The molecular weight excluding hydrogens is 460 g/mol. The van der Waals surface area contributed by atoms with Crippen molar-refractivity contribution in [2.45, 2.75) is 32.2 Å². The number of carbonyl (C=O) groups excluding carboxylic acids is 1. The van der Waals surface area contributed by atoms with Crippen LogP contribution < -0.4 is 14.8 Å². The molecule has 0 saturated heterocycles. The Labute approximate surface area is 209 Å². The Morgan fingerprint density at radius 3 is 2.66 bits per heavy atom. The highest BCUT2D eigenvalue weighted by molar-refractivity contribution is 7.99. The standard InChI is InChI=1S/C27H28N4O3S/c1-4-16-31-25(17-34-24-15-10-20-8-6-7-9-23(20)19(24)3)29-30-27(31)35-18-26(32)28-21-11-13-22(14-12-21)33-5-2/h4,6-15H,1,5,16-18H2,2-3H3,(H,28,32). The summed E-state index contributed by atoms with van der Waals surface area (Å²) in [5.41, 5.74) is 1.80. The van der Waals surface area contributed by atoms with Crippen molar-refractivity contribution in [3.8, 4) is 11.5 Å². The zero-order valence-corrected chi connectivity index (χ0v) is 20.7. The van der Waals surface area contributed by atoms with Crippen molar-refractivity contribution in [1.29, 1.82) is 0 Å². The Balaban J connectivity index is 1.38. The van der Waals surface area contributed by atoms with E-state index in [-0.39, 0.29) is 18.3 Å². The topological polar surface area (TPSA) is 78.3 Å². The van der Waals surface area contributed by atoms with Gasteiger partial charge in [0.25, 0.3) is 0 Å². The molecule has 7 nitrogen and oxygen atoms in total. The van der Waals surface area contributed by atoms with Crippen molar-refractivity contribution < 1.29 is 14.3 Å². The van der Waals surface area contributed by atoms with Crippen LogP contribution in [0.4, 0.5) is 5.69 Å². The van der Waals surface area contributed by atoms with E-state index in [1.165, 1.54) is 17.1 Å². The predicted octanol–water partition coefficient (Wildman–Crippen LogP) is 5.63. The number of benzene rings is 3. The van der Waals surface area contributed by atoms with Gasteiger partial charge in [-0.3, -0.25) is 9.36 Å². The van der Waals surface area contributed by atoms with Crippen LogP contribution in [0.25, 0.3) is 10.8 Å². The Hall–Kier alpha value is -3.78. The third kappa shape index (κ3) is 6.02. The minimum Gasteiger partial charge on any atom is -0.494 e. The number of hydrogen-bond donors (Lipinski definition) is 1. The van der Waals surface area contributed by atoms with E-state index in [9.17, 15) is 4.79 Å². The molecule has 1 heterocycles. The number of carbonyl (C=O) groups is 1. The van der Waals surface area contributed by atoms with Gasteiger partial charge in [0, 0.05) is 12.2 Å². The molecule has 0 saturated carbocycles. The van der Waals surface area contributed by atoms with E-state index in [0.29, 0.717) is 29.8 Å². The first-order valence-corrected chi connectivity index (χ1v) is 12.4. The molecule has 1 amide bonds. The lowest BCUT2D eigenvalue weighted by molar-refractivity contribution is -0.113. The van der Waals surface area contributed by atoms with Crippen molar-refractivity contribution in [3.05, 3.63) is 84.7 Å². The summed E-state index contributed by atoms with van der Waals surface area (Å²) in [6, 6.07) is 19.5. The second-order valence-electron chi connectivity index (χ2n) is 7.79. The van der Waals surface area contributed by atoms with E-state index in [2.05, 4.69) is 47.2 Å². The van der Waals surface area contributed by atoms with Crippen LogP contribution in [0.5, 0.6) is 11.5 Å². The quantitative estimate of drug-likeness (QED) is 0.218. The summed E-state index contributed by atoms with van der Waals surface area (Å²) in [5.74, 6) is 2.32. The zero-order valence-electron chi connectivity index (χ0n) is 19.9. The van der Waals surface area contributed by atoms with E-state index in [0.717, 1.165) is 22.4 Å². The fourth-order valence-electron chi connectivity index (χ4n) is 3.68. The Morgan fingerprint density at radius 1 is 1.09 bits per heavy atom. The molecule has 0 aliphatic rings. The van der Waals surface area contributed by atoms with E-state index < -0.39 is 0 Å². The van der Waals surface area contributed by atoms with Crippen LogP contribution in [-0.4, -0.2) is 33.0 Å². The number of rotatable bonds is 11. The van der Waals surface area contributed by atoms with Gasteiger partial charge in [-0.15, -0.1) is 16.8 Å². The Morgan fingerprint density at radius 2 is 1.89 bits per heavy atom. The monoisotopic (exact) mass is 488 g/mol. The molecular formula is C27H28N4O3S. The van der Waals surface area contributed by atoms with Gasteiger partial charge in [-0.2, -0.15) is 0 Å². The maximum atomic E-state index is 12.5. The smallest absolute Gasteiger partial charge is 0.234 e. The van der Waals surface area contributed by atoms with Gasteiger partial charge in [0.05, 0.1) is 12.4 Å². The van der Waals surface area contributed by atoms with E-state index in [4.69, 9.17) is 9.47 Å². The third-order valence-electron chi connectivity index (χ3n) is 5.39. The van der Waals surface area contributed by atoms with Crippen LogP contribution in [0.1, 0.15) is 18.3 Å². The minimum absolute atomic E-state index is 0.128. The molecule has 4 rings (SSSR count). The molecule has 0 aliphatic heterocycles. The van der Waals surface area contributed by atoms with Crippen molar-refractivity contribution in [1.82, 2.24) is 14.8 Å². The summed E-state index contributed by atoms with van der Waals surface area (Å²) in [6.45, 7) is 9.20. The van der Waals surface area contributed by atoms with E-state index in [1.54, 1.807) is 6.08 Å². The van der Waals surface area contributed by atoms with Gasteiger partial charge in [0.2, 0.25) is 5.91 Å². The van der Waals surface area contributed by atoms with E-state index in [1.807, 2.05) is 54.0 Å². The molecule has 0 aliphatic carbocycles.